The number of hydrogen-bond acceptors (Lipinski definition) is 6. The number of amides is 3. The number of aryl methyl sites for hydroxylation is 1. The first-order valence-corrected chi connectivity index (χ1v) is 13.3. The summed E-state index contributed by atoms with van der Waals surface area (Å²) in [5.74, 6) is -0.463. The van der Waals surface area contributed by atoms with Crippen molar-refractivity contribution in [3.63, 3.8) is 0 Å². The van der Waals surface area contributed by atoms with E-state index in [-0.39, 0.29) is 29.8 Å². The molecule has 4 rings (SSSR count). The predicted octanol–water partition coefficient (Wildman–Crippen LogP) is 5.57. The molecule has 2 heterocycles. The van der Waals surface area contributed by atoms with Crippen LogP contribution < -0.4 is 20.3 Å². The summed E-state index contributed by atoms with van der Waals surface area (Å²) in [6, 6.07) is 16.3. The van der Waals surface area contributed by atoms with Gasteiger partial charge in [0.25, 0.3) is 0 Å². The third kappa shape index (κ3) is 7.59. The lowest BCUT2D eigenvalue weighted by Gasteiger charge is -2.21. The first-order valence-electron chi connectivity index (χ1n) is 12.5. The van der Waals surface area contributed by atoms with E-state index in [1.165, 1.54) is 24.1 Å². The van der Waals surface area contributed by atoms with Crippen LogP contribution in [-0.2, 0) is 21.0 Å². The number of para-hydroxylation sites is 1. The molecule has 0 atom stereocenters. The molecule has 0 bridgehead atoms. The molecule has 41 heavy (non-hydrogen) atoms. The van der Waals surface area contributed by atoms with Crippen molar-refractivity contribution in [2.24, 2.45) is 0 Å². The van der Waals surface area contributed by atoms with E-state index in [2.05, 4.69) is 20.6 Å². The molecule has 0 aliphatic carbocycles. The third-order valence-electron chi connectivity index (χ3n) is 6.01. The average Bonchev–Trinajstić information content (AvgIpc) is 2.95. The number of nitrogens with zero attached hydrogens (tertiary/aromatic N) is 3. The van der Waals surface area contributed by atoms with Crippen LogP contribution in [0.2, 0.25) is 10.0 Å². The van der Waals surface area contributed by atoms with Gasteiger partial charge in [0.15, 0.2) is 5.75 Å². The Hall–Kier alpha value is -4.47. The highest BCUT2D eigenvalue weighted by Gasteiger charge is 2.20. The fourth-order valence-electron chi connectivity index (χ4n) is 3.89. The second-order valence-corrected chi connectivity index (χ2v) is 9.89. The van der Waals surface area contributed by atoms with Gasteiger partial charge in [-0.15, -0.1) is 0 Å². The molecule has 0 aliphatic heterocycles. The zero-order valence-corrected chi connectivity index (χ0v) is 24.1. The lowest BCUT2D eigenvalue weighted by atomic mass is 10.1. The second kappa shape index (κ2) is 13.3. The Balaban J connectivity index is 1.38. The third-order valence-corrected chi connectivity index (χ3v) is 6.67. The maximum absolute atomic E-state index is 12.9. The minimum atomic E-state index is -0.470. The quantitative estimate of drug-likeness (QED) is 0.246. The van der Waals surface area contributed by atoms with Crippen molar-refractivity contribution in [2.75, 3.05) is 23.8 Å². The first kappa shape index (κ1) is 29.5. The molecule has 11 heteroatoms. The molecule has 9 nitrogen and oxygen atoms in total. The van der Waals surface area contributed by atoms with E-state index >= 15 is 0 Å². The smallest absolute Gasteiger partial charge is 0.246 e. The zero-order valence-electron chi connectivity index (χ0n) is 22.6. The van der Waals surface area contributed by atoms with Crippen LogP contribution in [0.3, 0.4) is 0 Å². The van der Waals surface area contributed by atoms with Crippen LogP contribution in [0.1, 0.15) is 23.7 Å². The van der Waals surface area contributed by atoms with E-state index in [0.717, 1.165) is 22.2 Å². The largest absolute Gasteiger partial charge is 0.486 e. The van der Waals surface area contributed by atoms with E-state index in [4.69, 9.17) is 27.9 Å². The molecule has 2 aromatic heterocycles. The molecule has 2 aromatic carbocycles. The zero-order chi connectivity index (χ0) is 29.5. The Bertz CT molecular complexity index is 1640. The molecule has 0 spiro atoms. The number of likely N-dealkylation sites (N-methyl/N-ethyl adjacent to an activating group) is 1. The molecule has 0 radical (unpaired) electrons. The lowest BCUT2D eigenvalue weighted by molar-refractivity contribution is -0.122. The Morgan fingerprint density at radius 1 is 1.05 bits per heavy atom. The van der Waals surface area contributed by atoms with E-state index in [1.54, 1.807) is 37.4 Å². The number of anilines is 2. The number of pyridine rings is 2. The summed E-state index contributed by atoms with van der Waals surface area (Å²) in [6.45, 7) is 3.21. The highest BCUT2D eigenvalue weighted by molar-refractivity contribution is 6.39. The minimum Gasteiger partial charge on any atom is -0.486 e. The van der Waals surface area contributed by atoms with E-state index in [0.29, 0.717) is 22.1 Å². The number of carbonyl (C=O) groups excluding carboxylic acids is 3. The Kier molecular flexibility index (Phi) is 9.54. The normalized spacial score (nSPS) is 11.0. The SMILES string of the molecule is CC(=O)Nc1ccc(/C=C/C(=O)NCC(=O)N(C)c2ccc(Cl)c(OCc3cccc4ccc(C)nc34)c2Cl)cn1. The van der Waals surface area contributed by atoms with Gasteiger partial charge in [-0.25, -0.2) is 4.98 Å². The van der Waals surface area contributed by atoms with Gasteiger partial charge in [-0.1, -0.05) is 47.5 Å². The molecule has 0 aliphatic rings. The van der Waals surface area contributed by atoms with Crippen LogP contribution in [0.5, 0.6) is 5.75 Å². The van der Waals surface area contributed by atoms with Crippen LogP contribution in [-0.4, -0.2) is 41.3 Å². The number of ether oxygens (including phenoxy) is 1. The number of carbonyl (C=O) groups is 3. The number of hydrogen-bond donors (Lipinski definition) is 2. The Morgan fingerprint density at radius 3 is 2.59 bits per heavy atom. The Morgan fingerprint density at radius 2 is 1.85 bits per heavy atom. The highest BCUT2D eigenvalue weighted by Crippen LogP contribution is 2.40. The van der Waals surface area contributed by atoms with Gasteiger partial charge >= 0.3 is 0 Å². The van der Waals surface area contributed by atoms with Gasteiger partial charge in [0.2, 0.25) is 17.7 Å². The van der Waals surface area contributed by atoms with Crippen molar-refractivity contribution in [2.45, 2.75) is 20.5 Å². The molecule has 210 valence electrons. The van der Waals surface area contributed by atoms with Crippen LogP contribution in [0.15, 0.2) is 66.9 Å². The van der Waals surface area contributed by atoms with Gasteiger partial charge in [-0.05, 0) is 48.9 Å². The van der Waals surface area contributed by atoms with Crippen LogP contribution in [0, 0.1) is 6.92 Å². The summed E-state index contributed by atoms with van der Waals surface area (Å²) < 4.78 is 6.02. The van der Waals surface area contributed by atoms with Crippen LogP contribution >= 0.6 is 23.2 Å². The monoisotopic (exact) mass is 591 g/mol. The fourth-order valence-corrected chi connectivity index (χ4v) is 4.50. The summed E-state index contributed by atoms with van der Waals surface area (Å²) in [6.07, 6.45) is 4.34. The van der Waals surface area contributed by atoms with Crippen molar-refractivity contribution in [1.82, 2.24) is 15.3 Å². The summed E-state index contributed by atoms with van der Waals surface area (Å²) >= 11 is 13.0. The number of nitrogens with one attached hydrogen (secondary N) is 2. The molecule has 0 saturated carbocycles. The van der Waals surface area contributed by atoms with Crippen molar-refractivity contribution in [1.29, 1.82) is 0 Å². The first-order chi connectivity index (χ1) is 19.6. The highest BCUT2D eigenvalue weighted by atomic mass is 35.5. The van der Waals surface area contributed by atoms with Gasteiger partial charge < -0.3 is 20.3 Å². The maximum atomic E-state index is 12.9. The number of halogens is 2. The lowest BCUT2D eigenvalue weighted by Crippen LogP contribution is -2.37. The molecular formula is C30H27Cl2N5O4. The summed E-state index contributed by atoms with van der Waals surface area (Å²) in [7, 11) is 1.54. The molecular weight excluding hydrogens is 565 g/mol. The second-order valence-electron chi connectivity index (χ2n) is 9.10. The molecule has 4 aromatic rings. The molecule has 0 unspecified atom stereocenters. The van der Waals surface area contributed by atoms with E-state index in [9.17, 15) is 14.4 Å². The average molecular weight is 592 g/mol. The van der Waals surface area contributed by atoms with Crippen LogP contribution in [0.4, 0.5) is 11.5 Å². The minimum absolute atomic E-state index is 0.166. The van der Waals surface area contributed by atoms with E-state index < -0.39 is 11.8 Å². The molecule has 0 saturated heterocycles. The van der Waals surface area contributed by atoms with Gasteiger partial charge in [-0.2, -0.15) is 0 Å². The van der Waals surface area contributed by atoms with E-state index in [1.807, 2.05) is 37.3 Å². The van der Waals surface area contributed by atoms with Gasteiger partial charge in [0.05, 0.1) is 22.8 Å². The number of fused-ring (bicyclic) bond motifs is 1. The maximum Gasteiger partial charge on any atom is 0.246 e. The number of aromatic nitrogens is 2. The molecule has 2 N–H and O–H groups in total. The van der Waals surface area contributed by atoms with Crippen molar-refractivity contribution < 1.29 is 19.1 Å². The summed E-state index contributed by atoms with van der Waals surface area (Å²) in [5, 5.41) is 6.56. The van der Waals surface area contributed by atoms with Crippen molar-refractivity contribution in [3.8, 4) is 5.75 Å². The molecule has 0 fully saturated rings. The number of benzene rings is 2. The summed E-state index contributed by atoms with van der Waals surface area (Å²) in [5.41, 5.74) is 3.60. The predicted molar refractivity (Wildman–Crippen MR) is 161 cm³/mol. The van der Waals surface area contributed by atoms with Gasteiger partial charge in [0, 0.05) is 42.9 Å². The van der Waals surface area contributed by atoms with Crippen LogP contribution in [0.25, 0.3) is 17.0 Å². The van der Waals surface area contributed by atoms with Gasteiger partial charge in [0.1, 0.15) is 17.4 Å². The van der Waals surface area contributed by atoms with Gasteiger partial charge in [-0.3, -0.25) is 19.4 Å². The molecule has 3 amide bonds. The topological polar surface area (TPSA) is 114 Å². The standard InChI is InChI=1S/C30H27Cl2N5O4/c1-18-7-10-21-5-4-6-22(29(21)35-18)17-41-30-23(31)11-12-24(28(30)32)37(3)27(40)16-34-26(39)14-9-20-8-13-25(33-15-20)36-19(2)38/h4-15H,16-17H2,1-3H3,(H,34,39)(H,33,36,38)/b14-9+. The Labute approximate surface area is 247 Å². The summed E-state index contributed by atoms with van der Waals surface area (Å²) in [4.78, 5) is 46.3. The number of rotatable bonds is 9. The van der Waals surface area contributed by atoms with Crippen molar-refractivity contribution in [3.05, 3.63) is 93.7 Å². The van der Waals surface area contributed by atoms with Crippen molar-refractivity contribution >= 4 is 69.4 Å². The fraction of sp³-hybridized carbons (Fsp3) is 0.167.